The number of nitrogens with zero attached hydrogens (tertiary/aromatic N) is 3. The largest absolute Gasteiger partial charge is 0.494 e. The predicted octanol–water partition coefficient (Wildman–Crippen LogP) is 5.51. The van der Waals surface area contributed by atoms with Crippen molar-refractivity contribution in [1.29, 1.82) is 0 Å². The second-order valence-electron chi connectivity index (χ2n) is 10.8. The Bertz CT molecular complexity index is 1660. The number of sulfone groups is 1. The Labute approximate surface area is 253 Å². The number of anilines is 5. The Morgan fingerprint density at radius 1 is 0.930 bits per heavy atom. The number of para-hydroxylation sites is 2. The van der Waals surface area contributed by atoms with Crippen molar-refractivity contribution >= 4 is 49.6 Å². The number of hydrogen-bond donors (Lipinski definition) is 3. The van der Waals surface area contributed by atoms with Crippen LogP contribution in [0.25, 0.3) is 10.9 Å². The Hall–Kier alpha value is -3.93. The Morgan fingerprint density at radius 3 is 2.42 bits per heavy atom. The molecule has 0 bridgehead atoms. The van der Waals surface area contributed by atoms with Crippen LogP contribution in [0.4, 0.5) is 28.8 Å². The molecule has 43 heavy (non-hydrogen) atoms. The second-order valence-corrected chi connectivity index (χ2v) is 13.3. The number of piperidine rings is 1. The molecule has 228 valence electrons. The van der Waals surface area contributed by atoms with E-state index in [1.165, 1.54) is 0 Å². The third-order valence-electron chi connectivity index (χ3n) is 7.70. The van der Waals surface area contributed by atoms with Gasteiger partial charge < -0.3 is 30.3 Å². The van der Waals surface area contributed by atoms with Gasteiger partial charge >= 0.3 is 0 Å². The van der Waals surface area contributed by atoms with Crippen LogP contribution in [0.3, 0.4) is 0 Å². The summed E-state index contributed by atoms with van der Waals surface area (Å²) in [5, 5.41) is 10.4. The summed E-state index contributed by atoms with van der Waals surface area (Å²) in [7, 11) is -0.149. The minimum absolute atomic E-state index is 0.231. The van der Waals surface area contributed by atoms with E-state index in [1.807, 2.05) is 36.4 Å². The number of methoxy groups -OCH3 is 2. The van der Waals surface area contributed by atoms with Gasteiger partial charge in [0.25, 0.3) is 0 Å². The number of rotatable bonds is 12. The quantitative estimate of drug-likeness (QED) is 0.179. The highest BCUT2D eigenvalue weighted by molar-refractivity contribution is 7.92. The summed E-state index contributed by atoms with van der Waals surface area (Å²) in [6, 6.07) is 21.1. The van der Waals surface area contributed by atoms with Gasteiger partial charge in [-0.2, -0.15) is 4.98 Å². The van der Waals surface area contributed by atoms with Crippen LogP contribution < -0.4 is 25.6 Å². The highest BCUT2D eigenvalue weighted by Gasteiger charge is 2.24. The van der Waals surface area contributed by atoms with E-state index in [2.05, 4.69) is 26.9 Å². The molecule has 4 aromatic rings. The van der Waals surface area contributed by atoms with Crippen LogP contribution in [0.2, 0.25) is 0 Å². The van der Waals surface area contributed by atoms with Gasteiger partial charge in [0.2, 0.25) is 5.95 Å². The number of ether oxygens (including phenoxy) is 2. The fraction of sp³-hybridized carbons (Fsp3) is 0.375. The molecule has 1 aromatic heterocycles. The average molecular weight is 605 g/mol. The van der Waals surface area contributed by atoms with Gasteiger partial charge in [-0.1, -0.05) is 24.3 Å². The topological polar surface area (TPSA) is 118 Å². The molecule has 1 saturated heterocycles. The maximum absolute atomic E-state index is 13.1. The maximum atomic E-state index is 13.1. The van der Waals surface area contributed by atoms with Crippen molar-refractivity contribution in [2.75, 3.05) is 56.0 Å². The first kappa shape index (κ1) is 30.5. The molecule has 0 aliphatic carbocycles. The monoisotopic (exact) mass is 604 g/mol. The SMILES string of the molecule is COCCNC1CCN(c2ccc(Nc3nc(Nc4ccccc4S(=O)(=O)C(C)C)c4ccccc4n3)c(OC)c2)CC1. The van der Waals surface area contributed by atoms with E-state index in [0.717, 1.165) is 55.8 Å². The summed E-state index contributed by atoms with van der Waals surface area (Å²) in [5.74, 6) is 1.54. The van der Waals surface area contributed by atoms with Crippen LogP contribution >= 0.6 is 0 Å². The van der Waals surface area contributed by atoms with Gasteiger partial charge in [-0.3, -0.25) is 0 Å². The summed E-state index contributed by atoms with van der Waals surface area (Å²) >= 11 is 0. The second kappa shape index (κ2) is 13.6. The van der Waals surface area contributed by atoms with Crippen molar-refractivity contribution in [3.63, 3.8) is 0 Å². The molecule has 5 rings (SSSR count). The molecule has 0 spiro atoms. The van der Waals surface area contributed by atoms with Gasteiger partial charge in [-0.25, -0.2) is 13.4 Å². The highest BCUT2D eigenvalue weighted by atomic mass is 32.2. The Morgan fingerprint density at radius 2 is 1.67 bits per heavy atom. The fourth-order valence-corrected chi connectivity index (χ4v) is 6.44. The first-order valence-corrected chi connectivity index (χ1v) is 16.1. The third-order valence-corrected chi connectivity index (χ3v) is 9.91. The van der Waals surface area contributed by atoms with Crippen LogP contribution in [0.15, 0.2) is 71.6 Å². The number of benzene rings is 3. The molecule has 3 aromatic carbocycles. The van der Waals surface area contributed by atoms with E-state index in [0.29, 0.717) is 34.8 Å². The number of hydrogen-bond acceptors (Lipinski definition) is 10. The van der Waals surface area contributed by atoms with Gasteiger partial charge in [-0.15, -0.1) is 0 Å². The minimum Gasteiger partial charge on any atom is -0.494 e. The van der Waals surface area contributed by atoms with Crippen molar-refractivity contribution in [1.82, 2.24) is 15.3 Å². The standard InChI is InChI=1S/C32H40N6O4S/c1-22(2)43(39,40)30-12-8-7-11-28(30)34-31-25-9-5-6-10-26(25)35-32(37-31)36-27-14-13-24(21-29(27)42-4)38-18-15-23(16-19-38)33-17-20-41-3/h5-14,21-23,33H,15-20H2,1-4H3,(H2,34,35,36,37). The lowest BCUT2D eigenvalue weighted by Crippen LogP contribution is -2.43. The third kappa shape index (κ3) is 7.01. The van der Waals surface area contributed by atoms with Crippen LogP contribution in [-0.4, -0.2) is 70.1 Å². The fourth-order valence-electron chi connectivity index (χ4n) is 5.23. The Balaban J connectivity index is 1.39. The first-order chi connectivity index (χ1) is 20.8. The van der Waals surface area contributed by atoms with Gasteiger partial charge in [0, 0.05) is 49.9 Å². The molecule has 2 heterocycles. The molecule has 1 aliphatic rings. The molecule has 10 nitrogen and oxygen atoms in total. The lowest BCUT2D eigenvalue weighted by atomic mass is 10.0. The molecule has 0 saturated carbocycles. The number of nitrogens with one attached hydrogen (secondary N) is 3. The predicted molar refractivity (Wildman–Crippen MR) is 173 cm³/mol. The van der Waals surface area contributed by atoms with Crippen molar-refractivity contribution in [3.05, 3.63) is 66.7 Å². The van der Waals surface area contributed by atoms with E-state index < -0.39 is 15.1 Å². The molecule has 1 fully saturated rings. The van der Waals surface area contributed by atoms with E-state index >= 15 is 0 Å². The molecule has 0 atom stereocenters. The van der Waals surface area contributed by atoms with E-state index in [9.17, 15) is 8.42 Å². The van der Waals surface area contributed by atoms with Crippen LogP contribution in [0.1, 0.15) is 26.7 Å². The smallest absolute Gasteiger partial charge is 0.229 e. The molecule has 0 amide bonds. The summed E-state index contributed by atoms with van der Waals surface area (Å²) in [6.07, 6.45) is 2.13. The summed E-state index contributed by atoms with van der Waals surface area (Å²) in [4.78, 5) is 12.1. The van der Waals surface area contributed by atoms with Gasteiger partial charge in [0.15, 0.2) is 9.84 Å². The lowest BCUT2D eigenvalue weighted by molar-refractivity contribution is 0.193. The molecular formula is C32H40N6O4S. The zero-order valence-electron chi connectivity index (χ0n) is 25.1. The van der Waals surface area contributed by atoms with Crippen molar-refractivity contribution in [2.45, 2.75) is 42.9 Å². The molecule has 3 N–H and O–H groups in total. The first-order valence-electron chi connectivity index (χ1n) is 14.6. The molecule has 11 heteroatoms. The summed E-state index contributed by atoms with van der Waals surface area (Å²) < 4.78 is 37.1. The van der Waals surface area contributed by atoms with E-state index in [4.69, 9.17) is 19.4 Å². The maximum Gasteiger partial charge on any atom is 0.229 e. The average Bonchev–Trinajstić information content (AvgIpc) is 3.02. The zero-order chi connectivity index (χ0) is 30.4. The van der Waals surface area contributed by atoms with E-state index in [-0.39, 0.29) is 4.90 Å². The zero-order valence-corrected chi connectivity index (χ0v) is 25.9. The van der Waals surface area contributed by atoms with Crippen molar-refractivity contribution < 1.29 is 17.9 Å². The molecule has 1 aliphatic heterocycles. The van der Waals surface area contributed by atoms with Crippen molar-refractivity contribution in [2.24, 2.45) is 0 Å². The van der Waals surface area contributed by atoms with E-state index in [1.54, 1.807) is 52.3 Å². The minimum atomic E-state index is -3.52. The summed E-state index contributed by atoms with van der Waals surface area (Å²) in [6.45, 7) is 6.85. The normalized spacial score (nSPS) is 14.3. The highest BCUT2D eigenvalue weighted by Crippen LogP contribution is 2.35. The molecule has 0 unspecified atom stereocenters. The van der Waals surface area contributed by atoms with Gasteiger partial charge in [0.05, 0.1) is 40.8 Å². The molecule has 0 radical (unpaired) electrons. The number of aromatic nitrogens is 2. The van der Waals surface area contributed by atoms with Crippen LogP contribution in [0, 0.1) is 0 Å². The van der Waals surface area contributed by atoms with Gasteiger partial charge in [0.1, 0.15) is 11.6 Å². The van der Waals surface area contributed by atoms with Crippen molar-refractivity contribution in [3.8, 4) is 5.75 Å². The van der Waals surface area contributed by atoms with Crippen LogP contribution in [-0.2, 0) is 14.6 Å². The summed E-state index contributed by atoms with van der Waals surface area (Å²) in [5.41, 5.74) is 3.00. The lowest BCUT2D eigenvalue weighted by Gasteiger charge is -2.34. The van der Waals surface area contributed by atoms with Crippen LogP contribution in [0.5, 0.6) is 5.75 Å². The van der Waals surface area contributed by atoms with Gasteiger partial charge in [-0.05, 0) is 63.1 Å². The number of fused-ring (bicyclic) bond motifs is 1. The Kier molecular flexibility index (Phi) is 9.64. The molecular weight excluding hydrogens is 564 g/mol.